The van der Waals surface area contributed by atoms with E-state index in [9.17, 15) is 14.7 Å². The van der Waals surface area contributed by atoms with E-state index in [1.165, 1.54) is 353 Å². The minimum absolute atomic E-state index is 0.0609. The molecule has 0 saturated carbocycles. The van der Waals surface area contributed by atoms with Gasteiger partial charge in [-0.05, 0) is 64.2 Å². The lowest BCUT2D eigenvalue weighted by atomic mass is 10.0. The van der Waals surface area contributed by atoms with E-state index in [0.29, 0.717) is 12.8 Å². The average Bonchev–Trinajstić information content (AvgIpc) is 3.70. The van der Waals surface area contributed by atoms with Crippen LogP contribution in [0, 0.1) is 0 Å². The predicted octanol–water partition coefficient (Wildman–Crippen LogP) is 29.3. The molecule has 0 amide bonds. The minimum Gasteiger partial charge on any atom is -0.462 e. The van der Waals surface area contributed by atoms with Crippen LogP contribution >= 0.6 is 0 Å². The second kappa shape index (κ2) is 82.6. The largest absolute Gasteiger partial charge is 0.462 e. The molecular weight excluding hydrogens is 1120 g/mol. The van der Waals surface area contributed by atoms with Crippen LogP contribution in [-0.2, 0) is 19.1 Å². The second-order valence-electron chi connectivity index (χ2n) is 28.2. The van der Waals surface area contributed by atoms with Gasteiger partial charge in [0.1, 0.15) is 6.61 Å². The van der Waals surface area contributed by atoms with Crippen molar-refractivity contribution in [1.29, 1.82) is 0 Å². The quantitative estimate of drug-likeness (QED) is 0.0373. The van der Waals surface area contributed by atoms with Gasteiger partial charge >= 0.3 is 11.9 Å². The number of unbranched alkanes of at least 4 members (excludes halogenated alkanes) is 58. The molecule has 0 rings (SSSR count). The summed E-state index contributed by atoms with van der Waals surface area (Å²) in [7, 11) is 0. The van der Waals surface area contributed by atoms with Crippen molar-refractivity contribution in [2.45, 2.75) is 457 Å². The highest BCUT2D eigenvalue weighted by atomic mass is 16.6. The Hall–Kier alpha value is -2.66. The molecule has 0 bridgehead atoms. The maximum atomic E-state index is 12.4. The first kappa shape index (κ1) is 89.3. The third-order valence-corrected chi connectivity index (χ3v) is 19.0. The summed E-state index contributed by atoms with van der Waals surface area (Å²) >= 11 is 0. The minimum atomic E-state index is -0.773. The van der Waals surface area contributed by atoms with E-state index in [1.54, 1.807) is 0 Å². The van der Waals surface area contributed by atoms with Crippen molar-refractivity contribution in [3.8, 4) is 0 Å². The Morgan fingerprint density at radius 1 is 0.261 bits per heavy atom. The molecule has 538 valence electrons. The zero-order valence-electron chi connectivity index (χ0n) is 62.1. The lowest BCUT2D eigenvalue weighted by Crippen LogP contribution is -2.28. The SMILES string of the molecule is CC/C=C\C/C=C\C/C=C\C/C=C\C/C=C\C/C=C\CCCCCCCCCCCCCCCCCCCCC(=O)OC(CO)COC(=O)CCCCCCCCCCCCCCCCCCCCCCCCCCCCCCCCCCCCCCCCCCC. The Kier molecular flexibility index (Phi) is 80.2. The number of allylic oxidation sites excluding steroid dienone is 12. The molecule has 0 spiro atoms. The molecule has 0 aliphatic rings. The van der Waals surface area contributed by atoms with Crippen molar-refractivity contribution in [3.05, 3.63) is 72.9 Å². The first-order valence-corrected chi connectivity index (χ1v) is 41.5. The van der Waals surface area contributed by atoms with E-state index >= 15 is 0 Å². The van der Waals surface area contributed by atoms with Gasteiger partial charge < -0.3 is 14.6 Å². The molecular formula is C87H160O5. The van der Waals surface area contributed by atoms with Gasteiger partial charge in [-0.2, -0.15) is 0 Å². The molecule has 5 heteroatoms. The molecule has 0 aromatic heterocycles. The van der Waals surface area contributed by atoms with Crippen molar-refractivity contribution in [2.75, 3.05) is 13.2 Å². The van der Waals surface area contributed by atoms with Gasteiger partial charge in [0.25, 0.3) is 0 Å². The van der Waals surface area contributed by atoms with E-state index in [2.05, 4.69) is 86.8 Å². The summed E-state index contributed by atoms with van der Waals surface area (Å²) in [5, 5.41) is 9.74. The number of hydrogen-bond acceptors (Lipinski definition) is 5. The number of aliphatic hydroxyl groups excluding tert-OH is 1. The molecule has 0 saturated heterocycles. The smallest absolute Gasteiger partial charge is 0.306 e. The molecule has 92 heavy (non-hydrogen) atoms. The normalized spacial score (nSPS) is 12.5. The fourth-order valence-corrected chi connectivity index (χ4v) is 12.9. The van der Waals surface area contributed by atoms with Gasteiger partial charge in [0.2, 0.25) is 0 Å². The first-order valence-electron chi connectivity index (χ1n) is 41.5. The van der Waals surface area contributed by atoms with Crippen LogP contribution in [0.1, 0.15) is 450 Å². The highest BCUT2D eigenvalue weighted by molar-refractivity contribution is 5.70. The van der Waals surface area contributed by atoms with Crippen LogP contribution < -0.4 is 0 Å². The molecule has 0 radical (unpaired) electrons. The van der Waals surface area contributed by atoms with Crippen molar-refractivity contribution >= 4 is 11.9 Å². The fraction of sp³-hybridized carbons (Fsp3) is 0.839. The number of ether oxygens (including phenoxy) is 2. The summed E-state index contributed by atoms with van der Waals surface area (Å²) < 4.78 is 10.8. The topological polar surface area (TPSA) is 72.8 Å². The van der Waals surface area contributed by atoms with Gasteiger partial charge in [-0.25, -0.2) is 0 Å². The third-order valence-electron chi connectivity index (χ3n) is 19.0. The van der Waals surface area contributed by atoms with Crippen molar-refractivity contribution in [1.82, 2.24) is 0 Å². The van der Waals surface area contributed by atoms with Gasteiger partial charge in [-0.15, -0.1) is 0 Å². The molecule has 5 nitrogen and oxygen atoms in total. The van der Waals surface area contributed by atoms with Gasteiger partial charge in [-0.3, -0.25) is 9.59 Å². The van der Waals surface area contributed by atoms with E-state index in [-0.39, 0.29) is 25.2 Å². The van der Waals surface area contributed by atoms with E-state index < -0.39 is 6.10 Å². The predicted molar refractivity (Wildman–Crippen MR) is 408 cm³/mol. The standard InChI is InChI=1S/C87H160O5/c1-3-5-7-9-11-13-15-17-19-21-23-25-27-29-31-33-35-37-39-41-42-43-44-46-47-49-51-53-55-57-59-61-63-65-67-69-71-73-75-77-79-81-86(89)91-84-85(83-88)92-87(90)82-80-78-76-74-72-70-68-66-64-62-60-58-56-54-52-50-48-45-40-38-36-34-32-30-28-26-24-22-20-18-16-14-12-10-8-6-4-2/h6,8,12,14,18,20,24,26,30,32,36,38,85,88H,3-5,7,9-11,13,15-17,19,21-23,25,27-29,31,33-35,37,39-84H2,1-2H3/b8-6-,14-12-,20-18-,26-24-,32-30-,38-36-. The van der Waals surface area contributed by atoms with Gasteiger partial charge in [0.15, 0.2) is 6.10 Å². The monoisotopic (exact) mass is 1290 g/mol. The molecule has 1 unspecified atom stereocenters. The van der Waals surface area contributed by atoms with Crippen molar-refractivity contribution in [2.24, 2.45) is 0 Å². The number of hydrogen-bond donors (Lipinski definition) is 1. The Morgan fingerprint density at radius 2 is 0.467 bits per heavy atom. The Morgan fingerprint density at radius 3 is 0.707 bits per heavy atom. The fourth-order valence-electron chi connectivity index (χ4n) is 12.9. The molecule has 0 fully saturated rings. The average molecular weight is 1290 g/mol. The van der Waals surface area contributed by atoms with Crippen LogP contribution in [0.25, 0.3) is 0 Å². The Balaban J connectivity index is 3.37. The molecule has 0 heterocycles. The Bertz CT molecular complexity index is 1600. The second-order valence-corrected chi connectivity index (χ2v) is 28.2. The first-order chi connectivity index (χ1) is 45.6. The summed E-state index contributed by atoms with van der Waals surface area (Å²) in [6.45, 7) is 4.09. The lowest BCUT2D eigenvalue weighted by Gasteiger charge is -2.15. The van der Waals surface area contributed by atoms with Gasteiger partial charge in [-0.1, -0.05) is 446 Å². The molecule has 0 aliphatic carbocycles. The number of esters is 2. The maximum Gasteiger partial charge on any atom is 0.306 e. The maximum absolute atomic E-state index is 12.4. The summed E-state index contributed by atoms with van der Waals surface area (Å²) in [6, 6.07) is 0. The van der Waals surface area contributed by atoms with Crippen molar-refractivity contribution in [3.63, 3.8) is 0 Å². The van der Waals surface area contributed by atoms with E-state index in [0.717, 1.165) is 70.6 Å². The molecule has 0 aromatic rings. The molecule has 0 aliphatic heterocycles. The van der Waals surface area contributed by atoms with Crippen LogP contribution in [-0.4, -0.2) is 36.4 Å². The van der Waals surface area contributed by atoms with Crippen LogP contribution in [0.5, 0.6) is 0 Å². The van der Waals surface area contributed by atoms with Gasteiger partial charge in [0, 0.05) is 12.8 Å². The van der Waals surface area contributed by atoms with Crippen LogP contribution in [0.3, 0.4) is 0 Å². The molecule has 1 atom stereocenters. The highest BCUT2D eigenvalue weighted by Crippen LogP contribution is 2.20. The number of carbonyl (C=O) groups is 2. The van der Waals surface area contributed by atoms with E-state index in [1.807, 2.05) is 0 Å². The number of carbonyl (C=O) groups excluding carboxylic acids is 2. The molecule has 1 N–H and O–H groups in total. The summed E-state index contributed by atoms with van der Waals surface area (Å²) in [6.07, 6.45) is 116. The van der Waals surface area contributed by atoms with Crippen LogP contribution in [0.2, 0.25) is 0 Å². The van der Waals surface area contributed by atoms with Crippen LogP contribution in [0.4, 0.5) is 0 Å². The zero-order valence-corrected chi connectivity index (χ0v) is 62.1. The van der Waals surface area contributed by atoms with Crippen molar-refractivity contribution < 1.29 is 24.2 Å². The Labute approximate surface area is 575 Å². The highest BCUT2D eigenvalue weighted by Gasteiger charge is 2.16. The summed E-state index contributed by atoms with van der Waals surface area (Å²) in [5.41, 5.74) is 0. The molecule has 0 aromatic carbocycles. The van der Waals surface area contributed by atoms with Crippen LogP contribution in [0.15, 0.2) is 72.9 Å². The summed E-state index contributed by atoms with van der Waals surface area (Å²) in [5.74, 6) is -0.566. The lowest BCUT2D eigenvalue weighted by molar-refractivity contribution is -0.161. The van der Waals surface area contributed by atoms with Gasteiger partial charge in [0.05, 0.1) is 6.61 Å². The number of rotatable bonds is 78. The third kappa shape index (κ3) is 79.8. The number of aliphatic hydroxyl groups is 1. The summed E-state index contributed by atoms with van der Waals surface area (Å²) in [4.78, 5) is 24.7. The zero-order chi connectivity index (χ0) is 66.1. The van der Waals surface area contributed by atoms with E-state index in [4.69, 9.17) is 9.47 Å².